The Hall–Kier alpha value is -0.120. The number of fused-ring (bicyclic) bond motifs is 5. The maximum absolute atomic E-state index is 11.4. The Kier molecular flexibility index (Phi) is 6.66. The highest BCUT2D eigenvalue weighted by Gasteiger charge is 2.62. The fraction of sp³-hybridized carbons (Fsp3) is 1.00. The standard InChI is InChI=1S/C27H48O3/c1-17(16-28)6-5-7-18(2)21-8-9-22-25-23(11-13-27(21,22)4)26(3)12-10-20(29)14-19(26)15-24(25)30/h17-25,28-30H,5-16H2,1-4H3/t17-,18+,19-,20+,21+,22-,23-,24+,25-,26-,27+/m0/s1. The Balaban J connectivity index is 1.47. The normalized spacial score (nSPS) is 50.3. The Bertz CT molecular complexity index is 593. The molecule has 174 valence electrons. The first kappa shape index (κ1) is 23.1. The predicted octanol–water partition coefficient (Wildman–Crippen LogP) is 5.41. The molecular weight excluding hydrogens is 372 g/mol. The van der Waals surface area contributed by atoms with Crippen LogP contribution in [0, 0.1) is 52.3 Å². The van der Waals surface area contributed by atoms with Gasteiger partial charge in [0, 0.05) is 6.61 Å². The van der Waals surface area contributed by atoms with E-state index in [-0.39, 0.29) is 12.2 Å². The van der Waals surface area contributed by atoms with E-state index in [2.05, 4.69) is 27.7 Å². The number of hydrogen-bond donors (Lipinski definition) is 3. The van der Waals surface area contributed by atoms with E-state index in [1.54, 1.807) is 0 Å². The molecule has 0 saturated heterocycles. The Morgan fingerprint density at radius 2 is 1.57 bits per heavy atom. The maximum atomic E-state index is 11.4. The van der Waals surface area contributed by atoms with Gasteiger partial charge >= 0.3 is 0 Å². The highest BCUT2D eigenvalue weighted by Crippen LogP contribution is 2.68. The fourth-order valence-electron chi connectivity index (χ4n) is 9.26. The first-order chi connectivity index (χ1) is 14.2. The first-order valence-electron chi connectivity index (χ1n) is 13.2. The van der Waals surface area contributed by atoms with E-state index in [4.69, 9.17) is 0 Å². The van der Waals surface area contributed by atoms with Crippen LogP contribution >= 0.6 is 0 Å². The summed E-state index contributed by atoms with van der Waals surface area (Å²) in [6.07, 6.45) is 12.5. The summed E-state index contributed by atoms with van der Waals surface area (Å²) >= 11 is 0. The van der Waals surface area contributed by atoms with Crippen LogP contribution in [0.2, 0.25) is 0 Å². The van der Waals surface area contributed by atoms with Crippen molar-refractivity contribution in [3.05, 3.63) is 0 Å². The van der Waals surface area contributed by atoms with Crippen molar-refractivity contribution in [1.82, 2.24) is 0 Å². The zero-order valence-electron chi connectivity index (χ0n) is 20.0. The van der Waals surface area contributed by atoms with Crippen LogP contribution in [0.3, 0.4) is 0 Å². The molecule has 0 unspecified atom stereocenters. The van der Waals surface area contributed by atoms with Gasteiger partial charge in [0.15, 0.2) is 0 Å². The molecule has 0 heterocycles. The van der Waals surface area contributed by atoms with E-state index in [0.717, 1.165) is 43.9 Å². The molecule has 0 aliphatic heterocycles. The molecule has 4 aliphatic carbocycles. The zero-order valence-corrected chi connectivity index (χ0v) is 20.0. The van der Waals surface area contributed by atoms with Crippen molar-refractivity contribution in [2.45, 2.75) is 111 Å². The molecule has 0 aromatic heterocycles. The highest BCUT2D eigenvalue weighted by atomic mass is 16.3. The lowest BCUT2D eigenvalue weighted by Gasteiger charge is -2.62. The molecule has 0 amide bonds. The SMILES string of the molecule is C[C@H](CO)CCC[C@@H](C)[C@H]1CC[C@H]2[C@@H]3[C@H](O)C[C@@H]4C[C@H](O)CC[C@]4(C)[C@H]3CC[C@]12C. The van der Waals surface area contributed by atoms with Crippen LogP contribution in [-0.4, -0.2) is 34.1 Å². The summed E-state index contributed by atoms with van der Waals surface area (Å²) in [6.45, 7) is 10.0. The van der Waals surface area contributed by atoms with Gasteiger partial charge in [0.05, 0.1) is 12.2 Å². The molecule has 3 N–H and O–H groups in total. The van der Waals surface area contributed by atoms with Crippen LogP contribution in [0.15, 0.2) is 0 Å². The second kappa shape index (κ2) is 8.67. The molecule has 4 saturated carbocycles. The smallest absolute Gasteiger partial charge is 0.0577 e. The van der Waals surface area contributed by atoms with Gasteiger partial charge in [-0.2, -0.15) is 0 Å². The summed E-state index contributed by atoms with van der Waals surface area (Å²) in [6, 6.07) is 0. The molecule has 0 aromatic carbocycles. The molecule has 4 rings (SSSR count). The number of rotatable bonds is 6. The second-order valence-electron chi connectivity index (χ2n) is 12.6. The number of aliphatic hydroxyl groups is 3. The zero-order chi connectivity index (χ0) is 21.7. The van der Waals surface area contributed by atoms with E-state index >= 15 is 0 Å². The third-order valence-corrected chi connectivity index (χ3v) is 11.1. The minimum absolute atomic E-state index is 0.147. The van der Waals surface area contributed by atoms with E-state index in [1.165, 1.54) is 38.5 Å². The van der Waals surface area contributed by atoms with Crippen molar-refractivity contribution >= 4 is 0 Å². The van der Waals surface area contributed by atoms with Crippen LogP contribution in [-0.2, 0) is 0 Å². The Labute approximate surface area is 185 Å². The lowest BCUT2D eigenvalue weighted by atomic mass is 9.43. The average molecular weight is 421 g/mol. The number of aliphatic hydroxyl groups excluding tert-OH is 3. The summed E-state index contributed by atoms with van der Waals surface area (Å²) in [7, 11) is 0. The van der Waals surface area contributed by atoms with E-state index in [0.29, 0.717) is 47.0 Å². The van der Waals surface area contributed by atoms with Crippen molar-refractivity contribution in [1.29, 1.82) is 0 Å². The quantitative estimate of drug-likeness (QED) is 0.538. The van der Waals surface area contributed by atoms with Crippen molar-refractivity contribution in [3.8, 4) is 0 Å². The largest absolute Gasteiger partial charge is 0.396 e. The van der Waals surface area contributed by atoms with Crippen molar-refractivity contribution in [2.24, 2.45) is 52.3 Å². The lowest BCUT2D eigenvalue weighted by molar-refractivity contribution is -0.174. The number of hydrogen-bond acceptors (Lipinski definition) is 3. The van der Waals surface area contributed by atoms with Gasteiger partial charge in [0.2, 0.25) is 0 Å². The van der Waals surface area contributed by atoms with Crippen LogP contribution < -0.4 is 0 Å². The van der Waals surface area contributed by atoms with Crippen LogP contribution in [0.5, 0.6) is 0 Å². The van der Waals surface area contributed by atoms with Crippen LogP contribution in [0.25, 0.3) is 0 Å². The predicted molar refractivity (Wildman–Crippen MR) is 122 cm³/mol. The molecule has 11 atom stereocenters. The lowest BCUT2D eigenvalue weighted by Crippen LogP contribution is -2.58. The van der Waals surface area contributed by atoms with Gasteiger partial charge in [-0.3, -0.25) is 0 Å². The van der Waals surface area contributed by atoms with Crippen LogP contribution in [0.4, 0.5) is 0 Å². The topological polar surface area (TPSA) is 60.7 Å². The van der Waals surface area contributed by atoms with E-state index in [9.17, 15) is 15.3 Å². The van der Waals surface area contributed by atoms with Gasteiger partial charge in [-0.05, 0) is 110 Å². The van der Waals surface area contributed by atoms with Gasteiger partial charge in [-0.25, -0.2) is 0 Å². The van der Waals surface area contributed by atoms with Gasteiger partial charge in [-0.1, -0.05) is 40.5 Å². The maximum Gasteiger partial charge on any atom is 0.0577 e. The van der Waals surface area contributed by atoms with Gasteiger partial charge in [0.25, 0.3) is 0 Å². The summed E-state index contributed by atoms with van der Waals surface area (Å²) in [5, 5.41) is 30.9. The summed E-state index contributed by atoms with van der Waals surface area (Å²) in [5.41, 5.74) is 0.718. The third-order valence-electron chi connectivity index (χ3n) is 11.1. The summed E-state index contributed by atoms with van der Waals surface area (Å²) < 4.78 is 0. The summed E-state index contributed by atoms with van der Waals surface area (Å²) in [5.74, 6) is 4.28. The van der Waals surface area contributed by atoms with E-state index < -0.39 is 0 Å². The molecule has 30 heavy (non-hydrogen) atoms. The monoisotopic (exact) mass is 420 g/mol. The highest BCUT2D eigenvalue weighted by molar-refractivity contribution is 5.11. The fourth-order valence-corrected chi connectivity index (χ4v) is 9.26. The van der Waals surface area contributed by atoms with Crippen molar-refractivity contribution < 1.29 is 15.3 Å². The molecular formula is C27H48O3. The third kappa shape index (κ3) is 3.79. The average Bonchev–Trinajstić information content (AvgIpc) is 3.06. The Morgan fingerprint density at radius 1 is 0.867 bits per heavy atom. The molecule has 3 heteroatoms. The van der Waals surface area contributed by atoms with Gasteiger partial charge in [-0.15, -0.1) is 0 Å². The molecule has 0 spiro atoms. The first-order valence-corrected chi connectivity index (χ1v) is 13.2. The minimum atomic E-state index is -0.164. The van der Waals surface area contributed by atoms with Gasteiger partial charge < -0.3 is 15.3 Å². The molecule has 0 bridgehead atoms. The molecule has 3 nitrogen and oxygen atoms in total. The minimum Gasteiger partial charge on any atom is -0.396 e. The molecule has 4 fully saturated rings. The van der Waals surface area contributed by atoms with Gasteiger partial charge in [0.1, 0.15) is 0 Å². The van der Waals surface area contributed by atoms with Crippen molar-refractivity contribution in [3.63, 3.8) is 0 Å². The molecule has 4 aliphatic rings. The molecule has 0 aromatic rings. The summed E-state index contributed by atoms with van der Waals surface area (Å²) in [4.78, 5) is 0. The Morgan fingerprint density at radius 3 is 2.30 bits per heavy atom. The van der Waals surface area contributed by atoms with Crippen molar-refractivity contribution in [2.75, 3.05) is 6.61 Å². The second-order valence-corrected chi connectivity index (χ2v) is 12.6. The molecule has 0 radical (unpaired) electrons. The van der Waals surface area contributed by atoms with E-state index in [1.807, 2.05) is 0 Å². The van der Waals surface area contributed by atoms with Crippen LogP contribution in [0.1, 0.15) is 98.3 Å².